The Bertz CT molecular complexity index is 514. The van der Waals surface area contributed by atoms with Crippen molar-refractivity contribution in [2.75, 3.05) is 6.54 Å². The summed E-state index contributed by atoms with van der Waals surface area (Å²) in [6.07, 6.45) is 0. The van der Waals surface area contributed by atoms with Crippen LogP contribution in [0.25, 0.3) is 0 Å². The summed E-state index contributed by atoms with van der Waals surface area (Å²) in [6.45, 7) is 3.63. The number of fused-ring (bicyclic) bond motifs is 1. The first kappa shape index (κ1) is 9.68. The average Bonchev–Trinajstić information content (AvgIpc) is 2.85. The van der Waals surface area contributed by atoms with Gasteiger partial charge in [-0.15, -0.1) is 0 Å². The zero-order chi connectivity index (χ0) is 11.3. The molecule has 84 valence electrons. The van der Waals surface area contributed by atoms with Crippen molar-refractivity contribution < 1.29 is 5.21 Å². The molecule has 0 aliphatic carbocycles. The minimum atomic E-state index is 0.485. The Labute approximate surface area is 92.9 Å². The Hall–Kier alpha value is -1.53. The van der Waals surface area contributed by atoms with E-state index in [1.807, 2.05) is 18.5 Å². The van der Waals surface area contributed by atoms with E-state index >= 15 is 0 Å². The van der Waals surface area contributed by atoms with Crippen LogP contribution in [0.1, 0.15) is 24.1 Å². The Morgan fingerprint density at radius 3 is 2.75 bits per heavy atom. The first-order chi connectivity index (χ1) is 7.65. The minimum Gasteiger partial charge on any atom is -0.327 e. The number of aromatic nitrogens is 2. The van der Waals surface area contributed by atoms with Crippen LogP contribution in [-0.4, -0.2) is 37.9 Å². The van der Waals surface area contributed by atoms with E-state index in [1.165, 1.54) is 5.06 Å². The molecule has 6 heteroatoms. The minimum absolute atomic E-state index is 0.485. The van der Waals surface area contributed by atoms with E-state index in [-0.39, 0.29) is 0 Å². The Morgan fingerprint density at radius 1 is 1.31 bits per heavy atom. The van der Waals surface area contributed by atoms with Crippen LogP contribution in [0.3, 0.4) is 0 Å². The zero-order valence-electron chi connectivity index (χ0n) is 9.30. The third kappa shape index (κ3) is 1.30. The maximum Gasteiger partial charge on any atom is 0.191 e. The number of hydrogen-bond donors (Lipinski definition) is 1. The van der Waals surface area contributed by atoms with Crippen LogP contribution < -0.4 is 0 Å². The van der Waals surface area contributed by atoms with Crippen molar-refractivity contribution in [3.8, 4) is 0 Å². The van der Waals surface area contributed by atoms with Crippen molar-refractivity contribution in [1.29, 1.82) is 0 Å². The summed E-state index contributed by atoms with van der Waals surface area (Å²) >= 11 is 0. The molecule has 3 rings (SSSR count). The van der Waals surface area contributed by atoms with Crippen molar-refractivity contribution >= 4 is 11.5 Å². The molecule has 0 aromatic carbocycles. The van der Waals surface area contributed by atoms with Crippen LogP contribution in [0.15, 0.2) is 9.98 Å². The fraction of sp³-hybridized carbons (Fsp3) is 0.500. The molecular formula is C10H13N5O. The number of rotatable bonds is 1. The van der Waals surface area contributed by atoms with Gasteiger partial charge in [-0.3, -0.25) is 4.99 Å². The maximum atomic E-state index is 9.38. The van der Waals surface area contributed by atoms with E-state index in [4.69, 9.17) is 0 Å². The summed E-state index contributed by atoms with van der Waals surface area (Å²) < 4.78 is 1.96. The van der Waals surface area contributed by atoms with Crippen molar-refractivity contribution in [3.63, 3.8) is 0 Å². The maximum absolute atomic E-state index is 9.38. The van der Waals surface area contributed by atoms with Crippen molar-refractivity contribution in [1.82, 2.24) is 14.6 Å². The highest BCUT2D eigenvalue weighted by atomic mass is 16.5. The van der Waals surface area contributed by atoms with Gasteiger partial charge in [0.05, 0.1) is 31.0 Å². The first-order valence-electron chi connectivity index (χ1n) is 5.22. The Balaban J connectivity index is 2.03. The van der Waals surface area contributed by atoms with Crippen molar-refractivity contribution in [3.05, 3.63) is 17.2 Å². The predicted octanol–water partition coefficient (Wildman–Crippen LogP) is 0.346. The van der Waals surface area contributed by atoms with E-state index in [2.05, 4.69) is 15.0 Å². The summed E-state index contributed by atoms with van der Waals surface area (Å²) in [4.78, 5) is 13.2. The summed E-state index contributed by atoms with van der Waals surface area (Å²) in [5, 5.41) is 10.6. The highest BCUT2D eigenvalue weighted by molar-refractivity contribution is 6.09. The van der Waals surface area contributed by atoms with E-state index in [0.29, 0.717) is 25.5 Å². The van der Waals surface area contributed by atoms with Gasteiger partial charge in [0.1, 0.15) is 0 Å². The van der Waals surface area contributed by atoms with Gasteiger partial charge in [0, 0.05) is 12.8 Å². The molecule has 0 amide bonds. The summed E-state index contributed by atoms with van der Waals surface area (Å²) in [5.74, 6) is 1.51. The Kier molecular flexibility index (Phi) is 1.95. The largest absolute Gasteiger partial charge is 0.327 e. The van der Waals surface area contributed by atoms with Gasteiger partial charge < -0.3 is 9.77 Å². The van der Waals surface area contributed by atoms with E-state index in [0.717, 1.165) is 22.9 Å². The zero-order valence-corrected chi connectivity index (χ0v) is 9.30. The number of amidine groups is 1. The number of nitrogens with zero attached hydrogens (tertiary/aromatic N) is 5. The lowest BCUT2D eigenvalue weighted by Crippen LogP contribution is -2.14. The smallest absolute Gasteiger partial charge is 0.191 e. The second-order valence-corrected chi connectivity index (χ2v) is 4.20. The lowest BCUT2D eigenvalue weighted by Gasteiger charge is -2.06. The molecule has 1 aromatic rings. The molecule has 0 bridgehead atoms. The summed E-state index contributed by atoms with van der Waals surface area (Å²) in [6, 6.07) is 0. The lowest BCUT2D eigenvalue weighted by molar-refractivity contribution is -0.0985. The molecule has 6 nitrogen and oxygen atoms in total. The molecule has 2 aliphatic heterocycles. The number of hydrogen-bond acceptors (Lipinski definition) is 5. The van der Waals surface area contributed by atoms with E-state index in [9.17, 15) is 5.21 Å². The van der Waals surface area contributed by atoms with Crippen LogP contribution in [0.5, 0.6) is 0 Å². The normalized spacial score (nSPS) is 19.9. The van der Waals surface area contributed by atoms with Crippen molar-refractivity contribution in [2.45, 2.75) is 20.0 Å². The highest BCUT2D eigenvalue weighted by Crippen LogP contribution is 2.22. The predicted molar refractivity (Wildman–Crippen MR) is 58.8 cm³/mol. The molecule has 0 fully saturated rings. The van der Waals surface area contributed by atoms with Gasteiger partial charge in [0.25, 0.3) is 0 Å². The molecular weight excluding hydrogens is 206 g/mol. The van der Waals surface area contributed by atoms with Crippen LogP contribution in [-0.2, 0) is 20.1 Å². The van der Waals surface area contributed by atoms with Crippen LogP contribution in [0.2, 0.25) is 0 Å². The topological polar surface area (TPSA) is 66.0 Å². The fourth-order valence-electron chi connectivity index (χ4n) is 2.08. The van der Waals surface area contributed by atoms with Gasteiger partial charge in [-0.25, -0.2) is 9.98 Å². The molecule has 3 heterocycles. The first-order valence-corrected chi connectivity index (χ1v) is 5.22. The molecule has 0 unspecified atom stereocenters. The molecule has 16 heavy (non-hydrogen) atoms. The molecule has 2 aliphatic rings. The fourth-order valence-corrected chi connectivity index (χ4v) is 2.08. The summed E-state index contributed by atoms with van der Waals surface area (Å²) in [5.41, 5.74) is 2.98. The van der Waals surface area contributed by atoms with Gasteiger partial charge in [0.15, 0.2) is 11.7 Å². The molecule has 0 radical (unpaired) electrons. The van der Waals surface area contributed by atoms with Crippen LogP contribution >= 0.6 is 0 Å². The number of hydroxylamine groups is 2. The average molecular weight is 219 g/mol. The van der Waals surface area contributed by atoms with Crippen molar-refractivity contribution in [2.24, 2.45) is 17.0 Å². The molecule has 0 spiro atoms. The third-order valence-corrected chi connectivity index (χ3v) is 2.92. The third-order valence-electron chi connectivity index (χ3n) is 2.92. The highest BCUT2D eigenvalue weighted by Gasteiger charge is 2.26. The molecule has 0 saturated heterocycles. The molecule has 1 N–H and O–H groups in total. The molecule has 1 aromatic heterocycles. The van der Waals surface area contributed by atoms with Gasteiger partial charge in [-0.1, -0.05) is 0 Å². The summed E-state index contributed by atoms with van der Waals surface area (Å²) in [7, 11) is 1.94. The van der Waals surface area contributed by atoms with Gasteiger partial charge >= 0.3 is 0 Å². The monoisotopic (exact) mass is 219 g/mol. The number of imidazole rings is 1. The lowest BCUT2D eigenvalue weighted by atomic mass is 10.4. The Morgan fingerprint density at radius 2 is 2.12 bits per heavy atom. The SMILES string of the molecule is CC1=NC(c2nc3c(n2C)CN(O)C3)=NC1. The van der Waals surface area contributed by atoms with Gasteiger partial charge in [-0.05, 0) is 6.92 Å². The molecule has 0 saturated carbocycles. The van der Waals surface area contributed by atoms with Gasteiger partial charge in [0.2, 0.25) is 0 Å². The van der Waals surface area contributed by atoms with E-state index in [1.54, 1.807) is 0 Å². The number of aliphatic imine (C=N–C) groups is 2. The quantitative estimate of drug-likeness (QED) is 0.741. The van der Waals surface area contributed by atoms with Crippen LogP contribution in [0.4, 0.5) is 0 Å². The molecule has 0 atom stereocenters. The van der Waals surface area contributed by atoms with E-state index < -0.39 is 0 Å². The van der Waals surface area contributed by atoms with Crippen LogP contribution in [0, 0.1) is 0 Å². The second-order valence-electron chi connectivity index (χ2n) is 4.20. The second kappa shape index (κ2) is 3.23. The van der Waals surface area contributed by atoms with Gasteiger partial charge in [-0.2, -0.15) is 5.06 Å². The standard InChI is InChI=1S/C10H13N5O/c1-6-3-11-9(12-6)10-13-7-4-15(16)5-8(7)14(10)2/h16H,3-5H2,1-2H3.